The Balaban J connectivity index is 1.64. The molecule has 1 aliphatic heterocycles. The molecule has 0 radical (unpaired) electrons. The second-order valence-corrected chi connectivity index (χ2v) is 7.20. The van der Waals surface area contributed by atoms with Crippen LogP contribution in [-0.4, -0.2) is 39.2 Å². The van der Waals surface area contributed by atoms with Crippen molar-refractivity contribution in [1.82, 2.24) is 24.8 Å². The number of halogens is 2. The van der Waals surface area contributed by atoms with Gasteiger partial charge >= 0.3 is 5.69 Å². The molecule has 4 rings (SSSR count). The smallest absolute Gasteiger partial charge is 0.328 e. The van der Waals surface area contributed by atoms with E-state index in [1.807, 2.05) is 0 Å². The number of rotatable bonds is 5. The number of H-pyrrole nitrogens is 1. The van der Waals surface area contributed by atoms with Crippen LogP contribution in [0.2, 0.25) is 10.0 Å². The number of hydrogen-bond donors (Lipinski definition) is 3. The summed E-state index contributed by atoms with van der Waals surface area (Å²) in [7, 11) is 0. The van der Waals surface area contributed by atoms with E-state index >= 15 is 0 Å². The molecule has 3 heterocycles. The second-order valence-electron chi connectivity index (χ2n) is 6.39. The molecule has 0 unspecified atom stereocenters. The lowest BCUT2D eigenvalue weighted by Crippen LogP contribution is -2.19. The average Bonchev–Trinajstić information content (AvgIpc) is 3.24. The molecule has 1 aromatic carbocycles. The number of fused-ring (bicyclic) bond motifs is 1. The Bertz CT molecular complexity index is 972. The zero-order chi connectivity index (χ0) is 18.1. The second kappa shape index (κ2) is 7.26. The van der Waals surface area contributed by atoms with Gasteiger partial charge in [0.05, 0.1) is 12.7 Å². The highest BCUT2D eigenvalue weighted by molar-refractivity contribution is 6.36. The van der Waals surface area contributed by atoms with Gasteiger partial charge in [-0.25, -0.2) is 9.78 Å². The Morgan fingerprint density at radius 3 is 2.85 bits per heavy atom. The summed E-state index contributed by atoms with van der Waals surface area (Å²) >= 11 is 12.5. The molecule has 0 saturated carbocycles. The molecule has 0 aliphatic carbocycles. The van der Waals surface area contributed by atoms with Crippen LogP contribution in [0.4, 0.5) is 5.95 Å². The number of nitrogens with zero attached hydrogens (tertiary/aromatic N) is 3. The van der Waals surface area contributed by atoms with Gasteiger partial charge in [-0.1, -0.05) is 29.3 Å². The van der Waals surface area contributed by atoms with E-state index in [2.05, 4.69) is 25.6 Å². The molecule has 1 atom stereocenters. The summed E-state index contributed by atoms with van der Waals surface area (Å²) < 4.78 is 1.52. The van der Waals surface area contributed by atoms with E-state index < -0.39 is 0 Å². The molecule has 2 aromatic heterocycles. The van der Waals surface area contributed by atoms with Crippen molar-refractivity contribution in [3.63, 3.8) is 0 Å². The maximum atomic E-state index is 12.4. The maximum absolute atomic E-state index is 12.4. The van der Waals surface area contributed by atoms with E-state index in [0.29, 0.717) is 38.6 Å². The van der Waals surface area contributed by atoms with Gasteiger partial charge in [0, 0.05) is 22.2 Å². The number of benzene rings is 1. The minimum Gasteiger partial charge on any atom is -0.354 e. The van der Waals surface area contributed by atoms with Crippen LogP contribution in [0, 0.1) is 5.92 Å². The molecule has 3 N–H and O–H groups in total. The lowest BCUT2D eigenvalue weighted by atomic mass is 10.1. The van der Waals surface area contributed by atoms with Gasteiger partial charge in [-0.05, 0) is 37.6 Å². The van der Waals surface area contributed by atoms with Crippen molar-refractivity contribution in [1.29, 1.82) is 0 Å². The van der Waals surface area contributed by atoms with Crippen molar-refractivity contribution in [2.45, 2.75) is 13.0 Å². The molecular weight excluding hydrogens is 375 g/mol. The minimum absolute atomic E-state index is 0.236. The summed E-state index contributed by atoms with van der Waals surface area (Å²) in [6.07, 6.45) is 2.75. The van der Waals surface area contributed by atoms with E-state index in [1.165, 1.54) is 4.57 Å². The first kappa shape index (κ1) is 17.3. The number of aromatic amines is 1. The number of imidazole rings is 1. The minimum atomic E-state index is -0.276. The highest BCUT2D eigenvalue weighted by Crippen LogP contribution is 2.25. The molecule has 1 saturated heterocycles. The molecule has 136 valence electrons. The third kappa shape index (κ3) is 3.42. The van der Waals surface area contributed by atoms with Crippen LogP contribution in [0.25, 0.3) is 11.2 Å². The van der Waals surface area contributed by atoms with Gasteiger partial charge in [0.25, 0.3) is 0 Å². The van der Waals surface area contributed by atoms with Gasteiger partial charge in [0.2, 0.25) is 5.95 Å². The van der Waals surface area contributed by atoms with Gasteiger partial charge in [0.15, 0.2) is 5.65 Å². The van der Waals surface area contributed by atoms with Crippen molar-refractivity contribution in [3.05, 3.63) is 50.5 Å². The van der Waals surface area contributed by atoms with Gasteiger partial charge in [0.1, 0.15) is 5.52 Å². The lowest BCUT2D eigenvalue weighted by Gasteiger charge is -2.10. The standard InChI is InChI=1S/C17H18Cl2N6O/c18-12-2-1-3-13(19)11(12)9-25-15-14(23-17(25)26)8-22-16(24-15)21-7-10-4-5-20-6-10/h1-3,8,10,20H,4-7,9H2,(H,23,26)(H,21,22,24)/t10-/m1/s1. The summed E-state index contributed by atoms with van der Waals surface area (Å²) in [4.78, 5) is 23.9. The van der Waals surface area contributed by atoms with Gasteiger partial charge < -0.3 is 15.6 Å². The third-order valence-electron chi connectivity index (χ3n) is 4.60. The fourth-order valence-electron chi connectivity index (χ4n) is 3.14. The molecule has 0 amide bonds. The van der Waals surface area contributed by atoms with E-state index in [0.717, 1.165) is 26.1 Å². The number of nitrogens with one attached hydrogen (secondary N) is 3. The Hall–Kier alpha value is -2.09. The highest BCUT2D eigenvalue weighted by Gasteiger charge is 2.16. The first-order valence-electron chi connectivity index (χ1n) is 8.45. The van der Waals surface area contributed by atoms with E-state index in [4.69, 9.17) is 23.2 Å². The zero-order valence-corrected chi connectivity index (χ0v) is 15.4. The summed E-state index contributed by atoms with van der Waals surface area (Å²) in [6.45, 7) is 3.07. The normalized spacial score (nSPS) is 17.1. The Kier molecular flexibility index (Phi) is 4.84. The predicted octanol–water partition coefficient (Wildman–Crippen LogP) is 2.50. The largest absolute Gasteiger partial charge is 0.354 e. The van der Waals surface area contributed by atoms with E-state index in [9.17, 15) is 4.79 Å². The molecule has 0 bridgehead atoms. The molecular formula is C17H18Cl2N6O. The van der Waals surface area contributed by atoms with Crippen LogP contribution in [0.1, 0.15) is 12.0 Å². The topological polar surface area (TPSA) is 87.6 Å². The molecule has 26 heavy (non-hydrogen) atoms. The van der Waals surface area contributed by atoms with Crippen LogP contribution in [-0.2, 0) is 6.54 Å². The molecule has 3 aromatic rings. The Labute approximate surface area is 159 Å². The first-order chi connectivity index (χ1) is 12.6. The fourth-order valence-corrected chi connectivity index (χ4v) is 3.66. The average molecular weight is 393 g/mol. The van der Waals surface area contributed by atoms with Crippen molar-refractivity contribution in [2.24, 2.45) is 5.92 Å². The van der Waals surface area contributed by atoms with Crippen molar-refractivity contribution in [2.75, 3.05) is 25.0 Å². The van der Waals surface area contributed by atoms with Crippen LogP contribution < -0.4 is 16.3 Å². The molecule has 1 fully saturated rings. The summed E-state index contributed by atoms with van der Waals surface area (Å²) in [5.41, 5.74) is 1.51. The monoisotopic (exact) mass is 392 g/mol. The fraction of sp³-hybridized carbons (Fsp3) is 0.353. The Morgan fingerprint density at radius 2 is 2.12 bits per heavy atom. The highest BCUT2D eigenvalue weighted by atomic mass is 35.5. The van der Waals surface area contributed by atoms with Crippen LogP contribution in [0.15, 0.2) is 29.2 Å². The summed E-state index contributed by atoms with van der Waals surface area (Å²) in [5, 5.41) is 7.62. The SMILES string of the molecule is O=c1[nH]c2cnc(NC[C@@H]3CCNC3)nc2n1Cc1c(Cl)cccc1Cl. The van der Waals surface area contributed by atoms with Crippen LogP contribution in [0.3, 0.4) is 0 Å². The van der Waals surface area contributed by atoms with Crippen molar-refractivity contribution in [3.8, 4) is 0 Å². The van der Waals surface area contributed by atoms with Crippen molar-refractivity contribution >= 4 is 40.3 Å². The van der Waals surface area contributed by atoms with Crippen molar-refractivity contribution < 1.29 is 0 Å². The lowest BCUT2D eigenvalue weighted by molar-refractivity contribution is 0.613. The summed E-state index contributed by atoms with van der Waals surface area (Å²) in [5.74, 6) is 1.06. The van der Waals surface area contributed by atoms with Crippen LogP contribution >= 0.6 is 23.2 Å². The quantitative estimate of drug-likeness (QED) is 0.620. The van der Waals surface area contributed by atoms with Gasteiger partial charge in [-0.3, -0.25) is 4.57 Å². The van der Waals surface area contributed by atoms with Crippen LogP contribution in [0.5, 0.6) is 0 Å². The number of anilines is 1. The number of hydrogen-bond acceptors (Lipinski definition) is 5. The predicted molar refractivity (Wildman–Crippen MR) is 103 cm³/mol. The molecule has 1 aliphatic rings. The molecule has 0 spiro atoms. The van der Waals surface area contributed by atoms with E-state index in [-0.39, 0.29) is 12.2 Å². The Morgan fingerprint density at radius 1 is 1.31 bits per heavy atom. The number of aromatic nitrogens is 4. The third-order valence-corrected chi connectivity index (χ3v) is 5.31. The van der Waals surface area contributed by atoms with Gasteiger partial charge in [-0.15, -0.1) is 0 Å². The molecule has 9 heteroatoms. The maximum Gasteiger partial charge on any atom is 0.328 e. The first-order valence-corrected chi connectivity index (χ1v) is 9.20. The molecule has 7 nitrogen and oxygen atoms in total. The zero-order valence-electron chi connectivity index (χ0n) is 13.9. The van der Waals surface area contributed by atoms with E-state index in [1.54, 1.807) is 24.4 Å². The van der Waals surface area contributed by atoms with Gasteiger partial charge in [-0.2, -0.15) is 4.98 Å². The summed E-state index contributed by atoms with van der Waals surface area (Å²) in [6, 6.07) is 5.27.